The molecule has 1 heterocycles. The van der Waals surface area contributed by atoms with Gasteiger partial charge in [0.05, 0.1) is 23.2 Å². The van der Waals surface area contributed by atoms with Crippen molar-refractivity contribution in [1.29, 1.82) is 0 Å². The summed E-state index contributed by atoms with van der Waals surface area (Å²) in [5, 5.41) is 6.59. The highest BCUT2D eigenvalue weighted by atomic mass is 35.5. The molecule has 1 aromatic carbocycles. The normalized spacial score (nSPS) is 12.4. The average Bonchev–Trinajstić information content (AvgIpc) is 2.88. The lowest BCUT2D eigenvalue weighted by Crippen LogP contribution is -2.21. The van der Waals surface area contributed by atoms with Crippen molar-refractivity contribution in [2.45, 2.75) is 13.0 Å². The molecule has 102 valence electrons. The SMILES string of the molecule is CCNC(c1cc(OC)cs1)c1cccc(Cl)c1Cl. The maximum atomic E-state index is 6.32. The Bertz CT molecular complexity index is 556. The predicted molar refractivity (Wildman–Crippen MR) is 82.9 cm³/mol. The van der Waals surface area contributed by atoms with Gasteiger partial charge in [-0.1, -0.05) is 42.3 Å². The van der Waals surface area contributed by atoms with E-state index in [0.29, 0.717) is 10.0 Å². The molecule has 0 spiro atoms. The Morgan fingerprint density at radius 3 is 2.79 bits per heavy atom. The van der Waals surface area contributed by atoms with Gasteiger partial charge in [0.25, 0.3) is 0 Å². The van der Waals surface area contributed by atoms with Crippen molar-refractivity contribution in [2.75, 3.05) is 13.7 Å². The zero-order valence-electron chi connectivity index (χ0n) is 10.7. The lowest BCUT2D eigenvalue weighted by Gasteiger charge is -2.18. The van der Waals surface area contributed by atoms with Crippen molar-refractivity contribution in [1.82, 2.24) is 5.32 Å². The van der Waals surface area contributed by atoms with Crippen LogP contribution in [0.25, 0.3) is 0 Å². The van der Waals surface area contributed by atoms with Crippen LogP contribution in [0, 0.1) is 0 Å². The maximum absolute atomic E-state index is 6.32. The third-order valence-electron chi connectivity index (χ3n) is 2.82. The zero-order chi connectivity index (χ0) is 13.8. The van der Waals surface area contributed by atoms with Crippen LogP contribution < -0.4 is 10.1 Å². The summed E-state index contributed by atoms with van der Waals surface area (Å²) < 4.78 is 5.24. The Morgan fingerprint density at radius 1 is 1.37 bits per heavy atom. The first kappa shape index (κ1) is 14.7. The van der Waals surface area contributed by atoms with E-state index in [0.717, 1.165) is 22.7 Å². The molecule has 0 saturated carbocycles. The summed E-state index contributed by atoms with van der Waals surface area (Å²) in [5.41, 5.74) is 0.987. The molecule has 2 aromatic rings. The van der Waals surface area contributed by atoms with E-state index in [9.17, 15) is 0 Å². The second-order valence-electron chi connectivity index (χ2n) is 4.02. The van der Waals surface area contributed by atoms with Gasteiger partial charge in [0.1, 0.15) is 5.75 Å². The molecule has 0 aliphatic heterocycles. The molecule has 1 unspecified atom stereocenters. The monoisotopic (exact) mass is 315 g/mol. The standard InChI is InChI=1S/C14H15Cl2NOS/c1-3-17-14(12-7-9(18-2)8-19-12)10-5-4-6-11(15)13(10)16/h4-8,14,17H,3H2,1-2H3. The van der Waals surface area contributed by atoms with Crippen LogP contribution in [0.3, 0.4) is 0 Å². The number of halogens is 2. The van der Waals surface area contributed by atoms with Crippen LogP contribution in [0.4, 0.5) is 0 Å². The zero-order valence-corrected chi connectivity index (χ0v) is 13.1. The highest BCUT2D eigenvalue weighted by molar-refractivity contribution is 7.10. The van der Waals surface area contributed by atoms with Crippen molar-refractivity contribution in [3.63, 3.8) is 0 Å². The second kappa shape index (κ2) is 6.62. The molecule has 0 fully saturated rings. The Kier molecular flexibility index (Phi) is 5.11. The number of hydrogen-bond donors (Lipinski definition) is 1. The van der Waals surface area contributed by atoms with Gasteiger partial charge in [0.15, 0.2) is 0 Å². The maximum Gasteiger partial charge on any atom is 0.129 e. The smallest absolute Gasteiger partial charge is 0.129 e. The Hall–Kier alpha value is -0.740. The molecule has 1 atom stereocenters. The minimum atomic E-state index is 0.0325. The molecular weight excluding hydrogens is 301 g/mol. The summed E-state index contributed by atoms with van der Waals surface area (Å²) in [7, 11) is 1.67. The molecule has 19 heavy (non-hydrogen) atoms. The number of hydrogen-bond acceptors (Lipinski definition) is 3. The molecule has 5 heteroatoms. The molecule has 0 bridgehead atoms. The Balaban J connectivity index is 2.42. The third-order valence-corrected chi connectivity index (χ3v) is 4.63. The van der Waals surface area contributed by atoms with Crippen LogP contribution in [0.2, 0.25) is 10.0 Å². The second-order valence-corrected chi connectivity index (χ2v) is 5.75. The molecule has 1 aromatic heterocycles. The van der Waals surface area contributed by atoms with Crippen LogP contribution in [0.1, 0.15) is 23.4 Å². The van der Waals surface area contributed by atoms with E-state index in [1.807, 2.05) is 23.6 Å². The van der Waals surface area contributed by atoms with Crippen LogP contribution >= 0.6 is 34.5 Å². The lowest BCUT2D eigenvalue weighted by atomic mass is 10.1. The number of rotatable bonds is 5. The first-order chi connectivity index (χ1) is 9.17. The summed E-state index contributed by atoms with van der Waals surface area (Å²) in [5.74, 6) is 0.862. The fraction of sp³-hybridized carbons (Fsp3) is 0.286. The molecule has 0 saturated heterocycles. The molecule has 2 nitrogen and oxygen atoms in total. The number of benzene rings is 1. The molecule has 0 radical (unpaired) electrons. The van der Waals surface area contributed by atoms with Crippen LogP contribution in [0.5, 0.6) is 5.75 Å². The molecule has 0 aliphatic carbocycles. The summed E-state index contributed by atoms with van der Waals surface area (Å²) in [6.07, 6.45) is 0. The van der Waals surface area contributed by atoms with Gasteiger partial charge in [-0.25, -0.2) is 0 Å². The largest absolute Gasteiger partial charge is 0.496 e. The van der Waals surface area contributed by atoms with E-state index in [2.05, 4.69) is 12.2 Å². The van der Waals surface area contributed by atoms with Gasteiger partial charge in [-0.2, -0.15) is 0 Å². The highest BCUT2D eigenvalue weighted by Gasteiger charge is 2.19. The van der Waals surface area contributed by atoms with Crippen molar-refractivity contribution < 1.29 is 4.74 Å². The van der Waals surface area contributed by atoms with Gasteiger partial charge in [-0.15, -0.1) is 11.3 Å². The summed E-state index contributed by atoms with van der Waals surface area (Å²) in [6.45, 7) is 2.91. The van der Waals surface area contributed by atoms with E-state index in [1.165, 1.54) is 0 Å². The Labute approximate surface area is 127 Å². The molecule has 0 aliphatic rings. The number of methoxy groups -OCH3 is 1. The Morgan fingerprint density at radius 2 is 2.16 bits per heavy atom. The quantitative estimate of drug-likeness (QED) is 0.858. The fourth-order valence-electron chi connectivity index (χ4n) is 1.90. The van der Waals surface area contributed by atoms with Crippen LogP contribution in [-0.2, 0) is 0 Å². The van der Waals surface area contributed by atoms with Crippen molar-refractivity contribution in [3.05, 3.63) is 50.1 Å². The number of nitrogens with one attached hydrogen (secondary N) is 1. The first-order valence-corrected chi connectivity index (χ1v) is 7.60. The summed E-state index contributed by atoms with van der Waals surface area (Å²) in [4.78, 5) is 1.16. The minimum absolute atomic E-state index is 0.0325. The van der Waals surface area contributed by atoms with Gasteiger partial charge in [0, 0.05) is 10.3 Å². The van der Waals surface area contributed by atoms with Gasteiger partial charge in [-0.3, -0.25) is 0 Å². The van der Waals surface area contributed by atoms with Crippen LogP contribution in [0.15, 0.2) is 29.6 Å². The van der Waals surface area contributed by atoms with E-state index in [1.54, 1.807) is 24.5 Å². The molecular formula is C14H15Cl2NOS. The van der Waals surface area contributed by atoms with E-state index in [-0.39, 0.29) is 6.04 Å². The summed E-state index contributed by atoms with van der Waals surface area (Å²) >= 11 is 14.1. The molecule has 2 rings (SSSR count). The molecule has 0 amide bonds. The predicted octanol–water partition coefficient (Wildman–Crippen LogP) is 4.76. The fourth-order valence-corrected chi connectivity index (χ4v) is 3.27. The van der Waals surface area contributed by atoms with E-state index < -0.39 is 0 Å². The van der Waals surface area contributed by atoms with Gasteiger partial charge in [-0.05, 0) is 24.2 Å². The summed E-state index contributed by atoms with van der Waals surface area (Å²) in [6, 6.07) is 7.76. The lowest BCUT2D eigenvalue weighted by molar-refractivity contribution is 0.416. The van der Waals surface area contributed by atoms with Crippen molar-refractivity contribution in [3.8, 4) is 5.75 Å². The van der Waals surface area contributed by atoms with Gasteiger partial charge >= 0.3 is 0 Å². The van der Waals surface area contributed by atoms with Gasteiger partial charge < -0.3 is 10.1 Å². The number of thiophene rings is 1. The third kappa shape index (κ3) is 3.23. The minimum Gasteiger partial charge on any atom is -0.496 e. The molecule has 1 N–H and O–H groups in total. The van der Waals surface area contributed by atoms with E-state index >= 15 is 0 Å². The van der Waals surface area contributed by atoms with Crippen LogP contribution in [-0.4, -0.2) is 13.7 Å². The highest BCUT2D eigenvalue weighted by Crippen LogP contribution is 2.36. The number of ether oxygens (including phenoxy) is 1. The average molecular weight is 316 g/mol. The van der Waals surface area contributed by atoms with E-state index in [4.69, 9.17) is 27.9 Å². The first-order valence-electron chi connectivity index (χ1n) is 5.97. The topological polar surface area (TPSA) is 21.3 Å². The van der Waals surface area contributed by atoms with Crippen molar-refractivity contribution >= 4 is 34.5 Å². The van der Waals surface area contributed by atoms with Crippen molar-refractivity contribution in [2.24, 2.45) is 0 Å². The van der Waals surface area contributed by atoms with Gasteiger partial charge in [0.2, 0.25) is 0 Å².